The number of piperidine rings is 1. The highest BCUT2D eigenvalue weighted by Gasteiger charge is 2.27. The lowest BCUT2D eigenvalue weighted by Crippen LogP contribution is -2.39. The van der Waals surface area contributed by atoms with Gasteiger partial charge in [-0.25, -0.2) is 28.4 Å². The van der Waals surface area contributed by atoms with E-state index in [1.165, 1.54) is 23.0 Å². The van der Waals surface area contributed by atoms with E-state index in [2.05, 4.69) is 38.7 Å². The number of aryl methyl sites for hydroxylation is 1. The molecule has 1 saturated heterocycles. The minimum absolute atomic E-state index is 0.0460. The number of nitrogens with zero attached hydrogens (tertiary/aromatic N) is 5. The maximum absolute atomic E-state index is 11.6. The number of ether oxygens (including phenoxy) is 1. The van der Waals surface area contributed by atoms with E-state index in [0.29, 0.717) is 11.1 Å². The van der Waals surface area contributed by atoms with Gasteiger partial charge in [0.1, 0.15) is 6.10 Å². The van der Waals surface area contributed by atoms with Crippen molar-refractivity contribution in [1.29, 1.82) is 0 Å². The first kappa shape index (κ1) is 23.6. The predicted octanol–water partition coefficient (Wildman–Crippen LogP) is 4.04. The zero-order valence-electron chi connectivity index (χ0n) is 19.1. The summed E-state index contributed by atoms with van der Waals surface area (Å²) in [7, 11) is -3.31. The van der Waals surface area contributed by atoms with Crippen LogP contribution in [0, 0.1) is 5.92 Å². The molecule has 1 atom stereocenters. The van der Waals surface area contributed by atoms with Crippen LogP contribution in [0.1, 0.15) is 38.7 Å². The van der Waals surface area contributed by atoms with Crippen LogP contribution in [0.2, 0.25) is 0 Å². The van der Waals surface area contributed by atoms with Crippen molar-refractivity contribution in [1.82, 2.24) is 19.9 Å². The molecule has 0 saturated carbocycles. The molecule has 4 heterocycles. The first-order valence-corrected chi connectivity index (χ1v) is 13.9. The maximum Gasteiger partial charge on any atom is 0.273 e. The lowest BCUT2D eigenvalue weighted by Gasteiger charge is -2.34. The highest BCUT2D eigenvalue weighted by molar-refractivity contribution is 7.90. The Balaban J connectivity index is 1.31. The van der Waals surface area contributed by atoms with E-state index >= 15 is 0 Å². The number of anilines is 1. The molecule has 0 radical (unpaired) electrons. The van der Waals surface area contributed by atoms with Gasteiger partial charge in [0.05, 0.1) is 4.88 Å². The van der Waals surface area contributed by atoms with Gasteiger partial charge in [-0.2, -0.15) is 0 Å². The molecule has 3 aromatic rings. The lowest BCUT2D eigenvalue weighted by atomic mass is 9.92. The molecule has 1 fully saturated rings. The van der Waals surface area contributed by atoms with Crippen molar-refractivity contribution < 1.29 is 13.2 Å². The molecule has 4 rings (SSSR count). The Morgan fingerprint density at radius 3 is 2.42 bits per heavy atom. The van der Waals surface area contributed by atoms with E-state index in [9.17, 15) is 8.42 Å². The number of hydrogen-bond acceptors (Lipinski definition) is 9. The summed E-state index contributed by atoms with van der Waals surface area (Å²) in [6, 6.07) is 3.26. The molecule has 0 bridgehead atoms. The van der Waals surface area contributed by atoms with Gasteiger partial charge in [0.15, 0.2) is 14.9 Å². The molecule has 0 N–H and O–H groups in total. The summed E-state index contributed by atoms with van der Waals surface area (Å²) < 4.78 is 29.3. The van der Waals surface area contributed by atoms with Gasteiger partial charge in [-0.3, -0.25) is 0 Å². The fourth-order valence-electron chi connectivity index (χ4n) is 3.94. The van der Waals surface area contributed by atoms with E-state index in [-0.39, 0.29) is 11.1 Å². The molecular formula is C23H29N5O3S2. The van der Waals surface area contributed by atoms with Gasteiger partial charge in [0.25, 0.3) is 5.19 Å². The van der Waals surface area contributed by atoms with E-state index in [4.69, 9.17) is 4.74 Å². The average Bonchev–Trinajstić information content (AvgIpc) is 3.28. The third-order valence-electron chi connectivity index (χ3n) is 5.89. The standard InChI is InChI=1S/C23H29N5O3S2/c1-4-5-17-12-25-22(26-13-17)28-10-8-18(9-11-28)16(2)31-23-27-15-20(32-23)19-6-7-21(24-14-19)33(3,29)30/h6-7,12-16,18H,4-5,8-11H2,1-3H3/t16-/m0/s1. The Labute approximate surface area is 199 Å². The second-order valence-electron chi connectivity index (χ2n) is 8.44. The van der Waals surface area contributed by atoms with Gasteiger partial charge >= 0.3 is 0 Å². The molecule has 0 unspecified atom stereocenters. The number of aromatic nitrogens is 4. The fourth-order valence-corrected chi connectivity index (χ4v) is 5.34. The topological polar surface area (TPSA) is 98.2 Å². The van der Waals surface area contributed by atoms with Crippen LogP contribution in [-0.2, 0) is 16.3 Å². The quantitative estimate of drug-likeness (QED) is 0.470. The summed E-state index contributed by atoms with van der Waals surface area (Å²) in [6.45, 7) is 6.07. The summed E-state index contributed by atoms with van der Waals surface area (Å²) in [4.78, 5) is 20.7. The van der Waals surface area contributed by atoms with Crippen molar-refractivity contribution in [3.8, 4) is 15.6 Å². The van der Waals surface area contributed by atoms with Gasteiger partial charge in [-0.15, -0.1) is 0 Å². The molecule has 0 amide bonds. The van der Waals surface area contributed by atoms with Crippen molar-refractivity contribution in [2.75, 3.05) is 24.2 Å². The second-order valence-corrected chi connectivity index (χ2v) is 11.4. The summed E-state index contributed by atoms with van der Waals surface area (Å²) >= 11 is 1.44. The molecule has 8 nitrogen and oxygen atoms in total. The van der Waals surface area contributed by atoms with E-state index in [1.54, 1.807) is 18.5 Å². The zero-order chi connectivity index (χ0) is 23.4. The monoisotopic (exact) mass is 487 g/mol. The van der Waals surface area contributed by atoms with Crippen molar-refractivity contribution in [3.63, 3.8) is 0 Å². The van der Waals surface area contributed by atoms with Crippen LogP contribution < -0.4 is 9.64 Å². The number of rotatable bonds is 8. The molecule has 3 aromatic heterocycles. The molecule has 1 aliphatic rings. The number of thiazole rings is 1. The summed E-state index contributed by atoms with van der Waals surface area (Å²) in [5.41, 5.74) is 2.00. The molecular weight excluding hydrogens is 458 g/mol. The van der Waals surface area contributed by atoms with Gasteiger partial charge in [-0.05, 0) is 49.8 Å². The minimum Gasteiger partial charge on any atom is -0.467 e. The molecule has 33 heavy (non-hydrogen) atoms. The maximum atomic E-state index is 11.6. The third-order valence-corrected chi connectivity index (χ3v) is 7.83. The molecule has 176 valence electrons. The van der Waals surface area contributed by atoms with Crippen molar-refractivity contribution in [3.05, 3.63) is 42.5 Å². The summed E-state index contributed by atoms with van der Waals surface area (Å²) in [5.74, 6) is 1.24. The van der Waals surface area contributed by atoms with E-state index < -0.39 is 9.84 Å². The van der Waals surface area contributed by atoms with Crippen molar-refractivity contribution in [2.24, 2.45) is 5.92 Å². The first-order valence-electron chi connectivity index (χ1n) is 11.2. The van der Waals surface area contributed by atoms with Gasteiger partial charge < -0.3 is 9.64 Å². The Hall–Kier alpha value is -2.59. The fraction of sp³-hybridized carbons (Fsp3) is 0.478. The summed E-state index contributed by atoms with van der Waals surface area (Å²) in [5, 5.41) is 0.677. The normalized spacial score (nSPS) is 16.0. The zero-order valence-corrected chi connectivity index (χ0v) is 20.8. The van der Waals surface area contributed by atoms with Crippen LogP contribution in [-0.4, -0.2) is 53.8 Å². The Morgan fingerprint density at radius 1 is 1.09 bits per heavy atom. The van der Waals surface area contributed by atoms with Crippen LogP contribution in [0.15, 0.2) is 41.9 Å². The van der Waals surface area contributed by atoms with Gasteiger partial charge in [-0.1, -0.05) is 24.7 Å². The van der Waals surface area contributed by atoms with Crippen LogP contribution in [0.4, 0.5) is 5.95 Å². The molecule has 1 aliphatic heterocycles. The second kappa shape index (κ2) is 10.1. The smallest absolute Gasteiger partial charge is 0.273 e. The van der Waals surface area contributed by atoms with Crippen molar-refractivity contribution in [2.45, 2.75) is 50.7 Å². The lowest BCUT2D eigenvalue weighted by molar-refractivity contribution is 0.132. The number of pyridine rings is 1. The Kier molecular flexibility index (Phi) is 7.23. The Bertz CT molecular complexity index is 1160. The predicted molar refractivity (Wildman–Crippen MR) is 130 cm³/mol. The minimum atomic E-state index is -3.31. The van der Waals surface area contributed by atoms with Crippen LogP contribution in [0.25, 0.3) is 10.4 Å². The molecule has 0 aromatic carbocycles. The molecule has 0 spiro atoms. The van der Waals surface area contributed by atoms with Crippen molar-refractivity contribution >= 4 is 27.1 Å². The van der Waals surface area contributed by atoms with Gasteiger partial charge in [0.2, 0.25) is 5.95 Å². The summed E-state index contributed by atoms with van der Waals surface area (Å²) in [6.07, 6.45) is 12.5. The first-order chi connectivity index (χ1) is 15.8. The van der Waals surface area contributed by atoms with Gasteiger partial charge in [0, 0.05) is 49.7 Å². The van der Waals surface area contributed by atoms with E-state index in [0.717, 1.165) is 61.4 Å². The average molecular weight is 488 g/mol. The number of hydrogen-bond donors (Lipinski definition) is 0. The third kappa shape index (κ3) is 5.86. The highest BCUT2D eigenvalue weighted by Crippen LogP contribution is 2.33. The largest absolute Gasteiger partial charge is 0.467 e. The Morgan fingerprint density at radius 2 is 1.82 bits per heavy atom. The van der Waals surface area contributed by atoms with E-state index in [1.807, 2.05) is 12.4 Å². The molecule has 10 heteroatoms. The highest BCUT2D eigenvalue weighted by atomic mass is 32.2. The van der Waals surface area contributed by atoms with Crippen LogP contribution >= 0.6 is 11.3 Å². The molecule has 0 aliphatic carbocycles. The van der Waals surface area contributed by atoms with Crippen LogP contribution in [0.5, 0.6) is 5.19 Å². The number of sulfone groups is 1. The van der Waals surface area contributed by atoms with Crippen LogP contribution in [0.3, 0.4) is 0 Å². The SMILES string of the molecule is CCCc1cnc(N2CCC([C@H](C)Oc3ncc(-c4ccc(S(C)(=O)=O)nc4)s3)CC2)nc1.